The van der Waals surface area contributed by atoms with E-state index >= 15 is 0 Å². The molecular formula is C28H31N4O4+. The number of hydrogen-bond donors (Lipinski definition) is 1. The molecule has 2 unspecified atom stereocenters. The lowest BCUT2D eigenvalue weighted by Gasteiger charge is -2.27. The molecule has 0 radical (unpaired) electrons. The van der Waals surface area contributed by atoms with Gasteiger partial charge in [-0.25, -0.2) is 0 Å². The zero-order valence-electron chi connectivity index (χ0n) is 21.1. The van der Waals surface area contributed by atoms with E-state index in [1.807, 2.05) is 44.0 Å². The number of rotatable bonds is 7. The zero-order chi connectivity index (χ0) is 26.0. The lowest BCUT2D eigenvalue weighted by molar-refractivity contribution is -0.903. The lowest BCUT2D eigenvalue weighted by Crippen LogP contribution is -3.12. The van der Waals surface area contributed by atoms with E-state index in [4.69, 9.17) is 10.00 Å². The van der Waals surface area contributed by atoms with E-state index in [0.717, 1.165) is 16.2 Å². The molecule has 8 heteroatoms. The minimum Gasteiger partial charge on any atom is -0.444 e. The molecule has 4 rings (SSSR count). The Morgan fingerprint density at radius 3 is 2.22 bits per heavy atom. The summed E-state index contributed by atoms with van der Waals surface area (Å²) in [4.78, 5) is 42.4. The highest BCUT2D eigenvalue weighted by Gasteiger charge is 2.38. The Bertz CT molecular complexity index is 1220. The highest BCUT2D eigenvalue weighted by atomic mass is 16.5. The summed E-state index contributed by atoms with van der Waals surface area (Å²) >= 11 is 0. The first-order chi connectivity index (χ1) is 17.1. The number of esters is 1. The van der Waals surface area contributed by atoms with Gasteiger partial charge < -0.3 is 4.74 Å². The molecule has 2 aromatic rings. The number of amides is 2. The molecule has 36 heavy (non-hydrogen) atoms. The summed E-state index contributed by atoms with van der Waals surface area (Å²) in [6, 6.07) is 16.5. The van der Waals surface area contributed by atoms with Crippen molar-refractivity contribution in [3.63, 3.8) is 0 Å². The number of carbonyl (C=O) groups is 3. The van der Waals surface area contributed by atoms with Crippen molar-refractivity contribution in [2.75, 3.05) is 13.3 Å². The number of carbonyl (C=O) groups excluding carboxylic acids is 3. The smallest absolute Gasteiger partial charge is 0.312 e. The predicted molar refractivity (Wildman–Crippen MR) is 132 cm³/mol. The first-order valence-electron chi connectivity index (χ1n) is 12.0. The van der Waals surface area contributed by atoms with Gasteiger partial charge in [0.05, 0.1) is 34.4 Å². The third kappa shape index (κ3) is 5.02. The molecule has 2 atom stereocenters. The van der Waals surface area contributed by atoms with Crippen molar-refractivity contribution in [1.82, 2.24) is 9.80 Å². The van der Waals surface area contributed by atoms with Crippen molar-refractivity contribution in [2.45, 2.75) is 46.8 Å². The van der Waals surface area contributed by atoms with Crippen molar-refractivity contribution in [3.05, 3.63) is 82.7 Å². The van der Waals surface area contributed by atoms with Gasteiger partial charge in [-0.15, -0.1) is 0 Å². The van der Waals surface area contributed by atoms with Crippen LogP contribution in [0.1, 0.15) is 66.0 Å². The predicted octanol–water partition coefficient (Wildman–Crippen LogP) is 2.68. The van der Waals surface area contributed by atoms with Crippen molar-refractivity contribution in [1.29, 1.82) is 5.26 Å². The number of imide groups is 1. The molecule has 0 fully saturated rings. The Morgan fingerprint density at radius 1 is 1.06 bits per heavy atom. The Kier molecular flexibility index (Phi) is 6.95. The van der Waals surface area contributed by atoms with E-state index in [2.05, 4.69) is 13.0 Å². The SMILES string of the molecule is CC1N(COC(=O)C(C)(C)C)C=C(CCN2C(=O)c3ccccc3C2=O)[NH+]1Cc1ccc(C#N)cc1. The van der Waals surface area contributed by atoms with Crippen molar-refractivity contribution < 1.29 is 24.0 Å². The average Bonchev–Trinajstić information content (AvgIpc) is 3.29. The van der Waals surface area contributed by atoms with E-state index in [9.17, 15) is 14.4 Å². The molecular weight excluding hydrogens is 456 g/mol. The van der Waals surface area contributed by atoms with Crippen LogP contribution in [0.15, 0.2) is 60.4 Å². The minimum absolute atomic E-state index is 0.0365. The fourth-order valence-electron chi connectivity index (χ4n) is 4.44. The molecule has 0 saturated carbocycles. The van der Waals surface area contributed by atoms with Crippen LogP contribution >= 0.6 is 0 Å². The normalized spacial score (nSPS) is 19.2. The molecule has 2 amide bonds. The van der Waals surface area contributed by atoms with Gasteiger partial charge in [0.25, 0.3) is 11.8 Å². The van der Waals surface area contributed by atoms with E-state index in [1.54, 1.807) is 36.4 Å². The molecule has 186 valence electrons. The molecule has 0 spiro atoms. The Labute approximate surface area is 211 Å². The maximum atomic E-state index is 12.8. The monoisotopic (exact) mass is 487 g/mol. The van der Waals surface area contributed by atoms with Gasteiger partial charge in [0.1, 0.15) is 12.2 Å². The lowest BCUT2D eigenvalue weighted by atomic mass is 9.98. The number of nitrogens with one attached hydrogen (secondary N) is 1. The average molecular weight is 488 g/mol. The number of fused-ring (bicyclic) bond motifs is 1. The number of nitrogens with zero attached hydrogens (tertiary/aromatic N) is 3. The summed E-state index contributed by atoms with van der Waals surface area (Å²) in [5, 5.41) is 9.10. The zero-order valence-corrected chi connectivity index (χ0v) is 21.1. The van der Waals surface area contributed by atoms with Gasteiger partial charge in [-0.2, -0.15) is 5.26 Å². The van der Waals surface area contributed by atoms with Crippen molar-refractivity contribution >= 4 is 17.8 Å². The molecule has 0 bridgehead atoms. The summed E-state index contributed by atoms with van der Waals surface area (Å²) in [5.74, 6) is -0.824. The molecule has 8 nitrogen and oxygen atoms in total. The van der Waals surface area contributed by atoms with Crippen LogP contribution in [0, 0.1) is 16.7 Å². The first kappa shape index (κ1) is 25.1. The molecule has 2 heterocycles. The summed E-state index contributed by atoms with van der Waals surface area (Å²) in [6.45, 7) is 8.51. The van der Waals surface area contributed by atoms with Crippen LogP contribution in [-0.4, -0.2) is 47.0 Å². The topological polar surface area (TPSA) is 95.2 Å². The summed E-state index contributed by atoms with van der Waals surface area (Å²) in [6.07, 6.45) is 2.42. The Hall–Kier alpha value is -3.96. The molecule has 1 N–H and O–H groups in total. The third-order valence-corrected chi connectivity index (χ3v) is 6.65. The van der Waals surface area contributed by atoms with Gasteiger partial charge >= 0.3 is 5.97 Å². The highest BCUT2D eigenvalue weighted by Crippen LogP contribution is 2.23. The minimum atomic E-state index is -0.601. The van der Waals surface area contributed by atoms with E-state index in [1.165, 1.54) is 4.90 Å². The number of quaternary nitrogens is 1. The van der Waals surface area contributed by atoms with Crippen LogP contribution in [0.3, 0.4) is 0 Å². The summed E-state index contributed by atoms with van der Waals surface area (Å²) < 4.78 is 5.57. The molecule has 0 aliphatic carbocycles. The Balaban J connectivity index is 1.51. The third-order valence-electron chi connectivity index (χ3n) is 6.65. The van der Waals surface area contributed by atoms with Crippen molar-refractivity contribution in [2.24, 2.45) is 5.41 Å². The highest BCUT2D eigenvalue weighted by molar-refractivity contribution is 6.21. The number of hydrogen-bond acceptors (Lipinski definition) is 6. The van der Waals surface area contributed by atoms with Gasteiger partial charge in [-0.05, 0) is 45.0 Å². The first-order valence-corrected chi connectivity index (χ1v) is 12.0. The van der Waals surface area contributed by atoms with Crippen LogP contribution in [0.2, 0.25) is 0 Å². The Morgan fingerprint density at radius 2 is 1.67 bits per heavy atom. The molecule has 2 aromatic carbocycles. The number of benzene rings is 2. The van der Waals surface area contributed by atoms with Gasteiger partial charge in [0, 0.05) is 25.5 Å². The largest absolute Gasteiger partial charge is 0.444 e. The van der Waals surface area contributed by atoms with E-state index in [-0.39, 0.29) is 37.2 Å². The second-order valence-corrected chi connectivity index (χ2v) is 10.2. The quantitative estimate of drug-likeness (QED) is 0.477. The standard InChI is InChI=1S/C28H30N4O4/c1-19-30(18-36-27(35)28(2,3)4)17-22(32(19)16-21-11-9-20(15-29)10-12-21)13-14-31-25(33)23-7-5-6-8-24(23)26(31)34/h5-12,17,19H,13-14,16,18H2,1-4H3/p+1. The maximum Gasteiger partial charge on any atom is 0.312 e. The summed E-state index contributed by atoms with van der Waals surface area (Å²) in [7, 11) is 0. The second-order valence-electron chi connectivity index (χ2n) is 10.2. The van der Waals surface area contributed by atoms with Gasteiger partial charge in [-0.1, -0.05) is 24.3 Å². The van der Waals surface area contributed by atoms with Gasteiger partial charge in [0.2, 0.25) is 0 Å². The summed E-state index contributed by atoms with van der Waals surface area (Å²) in [5.41, 5.74) is 2.94. The van der Waals surface area contributed by atoms with Crippen LogP contribution in [0.4, 0.5) is 0 Å². The second kappa shape index (κ2) is 9.96. The van der Waals surface area contributed by atoms with E-state index in [0.29, 0.717) is 29.7 Å². The maximum absolute atomic E-state index is 12.8. The van der Waals surface area contributed by atoms with Crippen LogP contribution in [-0.2, 0) is 16.1 Å². The van der Waals surface area contributed by atoms with Crippen molar-refractivity contribution in [3.8, 4) is 6.07 Å². The molecule has 0 saturated heterocycles. The van der Waals surface area contributed by atoms with Crippen LogP contribution < -0.4 is 4.90 Å². The number of ether oxygens (including phenoxy) is 1. The van der Waals surface area contributed by atoms with Crippen LogP contribution in [0.25, 0.3) is 0 Å². The molecule has 2 aliphatic heterocycles. The van der Waals surface area contributed by atoms with Gasteiger partial charge in [0.15, 0.2) is 12.9 Å². The number of nitriles is 1. The van der Waals surface area contributed by atoms with Crippen LogP contribution in [0.5, 0.6) is 0 Å². The fourth-order valence-corrected chi connectivity index (χ4v) is 4.44. The molecule has 0 aromatic heterocycles. The van der Waals surface area contributed by atoms with E-state index < -0.39 is 5.41 Å². The van der Waals surface area contributed by atoms with Gasteiger partial charge in [-0.3, -0.25) is 29.1 Å². The molecule has 2 aliphatic rings. The fraction of sp³-hybridized carbons (Fsp3) is 0.357.